The Bertz CT molecular complexity index is 1320. The zero-order chi connectivity index (χ0) is 20.2. The molecule has 0 saturated carbocycles. The minimum absolute atomic E-state index is 0.155. The minimum atomic E-state index is -0.446. The van der Waals surface area contributed by atoms with Gasteiger partial charge in [-0.25, -0.2) is 9.18 Å². The van der Waals surface area contributed by atoms with Crippen molar-refractivity contribution < 1.29 is 9.13 Å². The Kier molecular flexibility index (Phi) is 4.19. The normalized spacial score (nSPS) is 11.8. The van der Waals surface area contributed by atoms with Crippen molar-refractivity contribution in [3.8, 4) is 5.69 Å². The zero-order valence-corrected chi connectivity index (χ0v) is 16.1. The molecule has 0 aliphatic rings. The van der Waals surface area contributed by atoms with Gasteiger partial charge >= 0.3 is 5.69 Å². The second kappa shape index (κ2) is 6.45. The molecule has 8 nitrogen and oxygen atoms in total. The second-order valence-electron chi connectivity index (χ2n) is 6.69. The van der Waals surface area contributed by atoms with Gasteiger partial charge in [-0.05, 0) is 38.1 Å². The van der Waals surface area contributed by atoms with E-state index in [9.17, 15) is 14.0 Å². The lowest BCUT2D eigenvalue weighted by Crippen LogP contribution is -2.40. The number of benzene rings is 1. The average molecular weight is 385 g/mol. The molecule has 28 heavy (non-hydrogen) atoms. The number of aromatic nitrogens is 5. The third kappa shape index (κ3) is 2.43. The summed E-state index contributed by atoms with van der Waals surface area (Å²) in [4.78, 5) is 30.3. The van der Waals surface area contributed by atoms with Crippen molar-refractivity contribution in [1.29, 1.82) is 0 Å². The van der Waals surface area contributed by atoms with Gasteiger partial charge in [0, 0.05) is 31.2 Å². The van der Waals surface area contributed by atoms with Gasteiger partial charge in [-0.2, -0.15) is 4.98 Å². The topological polar surface area (TPSA) is 75.5 Å². The lowest BCUT2D eigenvalue weighted by atomic mass is 10.3. The Morgan fingerprint density at radius 3 is 2.43 bits per heavy atom. The number of rotatable bonds is 4. The van der Waals surface area contributed by atoms with Gasteiger partial charge in [0.1, 0.15) is 5.82 Å². The van der Waals surface area contributed by atoms with E-state index in [2.05, 4.69) is 4.98 Å². The Labute approximate surface area is 159 Å². The second-order valence-corrected chi connectivity index (χ2v) is 6.69. The molecule has 0 aliphatic heterocycles. The molecule has 0 spiro atoms. The molecule has 3 heterocycles. The number of nitrogens with zero attached hydrogens (tertiary/aromatic N) is 5. The molecule has 0 amide bonds. The standard InChI is InChI=1S/C19H20FN5O3/c1-11-12(2)25-15-16(22(3)19(27)23(17(15)26)9-10-28-4)21-18(25)24(11)14-7-5-13(20)6-8-14/h5-8H,9-10H2,1-4H3. The highest BCUT2D eigenvalue weighted by atomic mass is 19.1. The van der Waals surface area contributed by atoms with E-state index >= 15 is 0 Å². The van der Waals surface area contributed by atoms with Gasteiger partial charge in [-0.15, -0.1) is 0 Å². The first kappa shape index (κ1) is 18.2. The van der Waals surface area contributed by atoms with Gasteiger partial charge in [0.05, 0.1) is 13.2 Å². The van der Waals surface area contributed by atoms with E-state index < -0.39 is 11.2 Å². The third-order valence-electron chi connectivity index (χ3n) is 5.12. The Morgan fingerprint density at radius 2 is 1.79 bits per heavy atom. The molecule has 4 rings (SSSR count). The van der Waals surface area contributed by atoms with Gasteiger partial charge in [0.15, 0.2) is 11.2 Å². The van der Waals surface area contributed by atoms with Crippen LogP contribution < -0.4 is 11.2 Å². The van der Waals surface area contributed by atoms with Crippen LogP contribution >= 0.6 is 0 Å². The molecule has 0 radical (unpaired) electrons. The fraction of sp³-hybridized carbons (Fsp3) is 0.316. The van der Waals surface area contributed by atoms with Gasteiger partial charge in [0.2, 0.25) is 5.78 Å². The fourth-order valence-corrected chi connectivity index (χ4v) is 3.53. The molecule has 0 N–H and O–H groups in total. The van der Waals surface area contributed by atoms with E-state index in [1.165, 1.54) is 23.8 Å². The fourth-order valence-electron chi connectivity index (χ4n) is 3.53. The number of methoxy groups -OCH3 is 1. The SMILES string of the molecule is COCCn1c(=O)c2c(nc3n(-c4ccc(F)cc4)c(C)c(C)n23)n(C)c1=O. The minimum Gasteiger partial charge on any atom is -0.383 e. The molecule has 0 unspecified atom stereocenters. The molecule has 0 atom stereocenters. The van der Waals surface area contributed by atoms with Crippen LogP contribution in [0.2, 0.25) is 0 Å². The number of aryl methyl sites for hydroxylation is 2. The lowest BCUT2D eigenvalue weighted by molar-refractivity contribution is 0.184. The Balaban J connectivity index is 2.13. The highest BCUT2D eigenvalue weighted by Gasteiger charge is 2.23. The summed E-state index contributed by atoms with van der Waals surface area (Å²) in [6, 6.07) is 6.04. The summed E-state index contributed by atoms with van der Waals surface area (Å²) in [6.45, 7) is 4.19. The van der Waals surface area contributed by atoms with Gasteiger partial charge in [-0.1, -0.05) is 0 Å². The largest absolute Gasteiger partial charge is 0.383 e. The predicted molar refractivity (Wildman–Crippen MR) is 103 cm³/mol. The predicted octanol–water partition coefficient (Wildman–Crippen LogP) is 1.54. The quantitative estimate of drug-likeness (QED) is 0.534. The van der Waals surface area contributed by atoms with Crippen LogP contribution in [-0.4, -0.2) is 36.8 Å². The molecule has 0 saturated heterocycles. The van der Waals surface area contributed by atoms with Crippen LogP contribution in [0.3, 0.4) is 0 Å². The van der Waals surface area contributed by atoms with Crippen molar-refractivity contribution in [3.05, 3.63) is 62.3 Å². The van der Waals surface area contributed by atoms with Crippen molar-refractivity contribution in [3.63, 3.8) is 0 Å². The summed E-state index contributed by atoms with van der Waals surface area (Å²) in [5, 5.41) is 0. The summed E-state index contributed by atoms with van der Waals surface area (Å²) >= 11 is 0. The number of imidazole rings is 2. The molecule has 3 aromatic heterocycles. The zero-order valence-electron chi connectivity index (χ0n) is 16.1. The first-order chi connectivity index (χ1) is 13.4. The molecule has 4 aromatic rings. The number of fused-ring (bicyclic) bond motifs is 3. The maximum Gasteiger partial charge on any atom is 0.332 e. The number of hydrogen-bond donors (Lipinski definition) is 0. The van der Waals surface area contributed by atoms with E-state index in [1.54, 1.807) is 23.6 Å². The van der Waals surface area contributed by atoms with E-state index in [1.807, 2.05) is 18.4 Å². The first-order valence-electron chi connectivity index (χ1n) is 8.81. The van der Waals surface area contributed by atoms with Crippen molar-refractivity contribution in [2.45, 2.75) is 20.4 Å². The van der Waals surface area contributed by atoms with E-state index in [4.69, 9.17) is 4.74 Å². The average Bonchev–Trinajstić information content (AvgIpc) is 3.17. The summed E-state index contributed by atoms with van der Waals surface area (Å²) in [7, 11) is 3.10. The maximum atomic E-state index is 13.4. The number of halogens is 1. The summed E-state index contributed by atoms with van der Waals surface area (Å²) in [5.41, 5.74) is 2.17. The van der Waals surface area contributed by atoms with Crippen molar-refractivity contribution in [2.24, 2.45) is 7.05 Å². The molecule has 1 aromatic carbocycles. The molecular weight excluding hydrogens is 365 g/mol. The maximum absolute atomic E-state index is 13.4. The molecule has 0 bridgehead atoms. The summed E-state index contributed by atoms with van der Waals surface area (Å²) in [6.07, 6.45) is 0. The summed E-state index contributed by atoms with van der Waals surface area (Å²) in [5.74, 6) is 0.159. The van der Waals surface area contributed by atoms with Crippen LogP contribution in [0.4, 0.5) is 4.39 Å². The highest BCUT2D eigenvalue weighted by molar-refractivity contribution is 5.77. The van der Waals surface area contributed by atoms with Crippen LogP contribution in [0.1, 0.15) is 11.4 Å². The van der Waals surface area contributed by atoms with E-state index in [0.29, 0.717) is 16.9 Å². The van der Waals surface area contributed by atoms with Crippen LogP contribution in [0.25, 0.3) is 22.6 Å². The molecule has 146 valence electrons. The van der Waals surface area contributed by atoms with Crippen molar-refractivity contribution in [2.75, 3.05) is 13.7 Å². The smallest absolute Gasteiger partial charge is 0.332 e. The van der Waals surface area contributed by atoms with Crippen molar-refractivity contribution >= 4 is 16.9 Å². The Morgan fingerprint density at radius 1 is 1.11 bits per heavy atom. The van der Waals surface area contributed by atoms with E-state index in [0.717, 1.165) is 21.6 Å². The van der Waals surface area contributed by atoms with Crippen LogP contribution in [0, 0.1) is 19.7 Å². The van der Waals surface area contributed by atoms with Gasteiger partial charge in [-0.3, -0.25) is 22.9 Å². The van der Waals surface area contributed by atoms with Gasteiger partial charge in [0.25, 0.3) is 5.56 Å². The van der Waals surface area contributed by atoms with Gasteiger partial charge < -0.3 is 4.74 Å². The monoisotopic (exact) mass is 385 g/mol. The van der Waals surface area contributed by atoms with Crippen LogP contribution in [0.15, 0.2) is 33.9 Å². The number of hydrogen-bond acceptors (Lipinski definition) is 4. The first-order valence-corrected chi connectivity index (χ1v) is 8.81. The molecule has 0 fully saturated rings. The Hall–Kier alpha value is -3.20. The molecule has 0 aliphatic carbocycles. The third-order valence-corrected chi connectivity index (χ3v) is 5.12. The molecule has 9 heteroatoms. The van der Waals surface area contributed by atoms with E-state index in [-0.39, 0.29) is 19.0 Å². The van der Waals surface area contributed by atoms with Crippen LogP contribution in [0.5, 0.6) is 0 Å². The lowest BCUT2D eigenvalue weighted by Gasteiger charge is -2.08. The highest BCUT2D eigenvalue weighted by Crippen LogP contribution is 2.24. The van der Waals surface area contributed by atoms with Crippen LogP contribution in [-0.2, 0) is 18.3 Å². The molecular formula is C19H20FN5O3. The van der Waals surface area contributed by atoms with Crippen molar-refractivity contribution in [1.82, 2.24) is 23.1 Å². The number of ether oxygens (including phenoxy) is 1. The summed E-state index contributed by atoms with van der Waals surface area (Å²) < 4.78 is 24.5.